The maximum absolute atomic E-state index is 12.6. The number of aliphatic hydroxyl groups excluding tert-OH is 1. The lowest BCUT2D eigenvalue weighted by Gasteiger charge is -2.12. The van der Waals surface area contributed by atoms with E-state index >= 15 is 0 Å². The number of hydrogen-bond acceptors (Lipinski definition) is 3. The predicted molar refractivity (Wildman–Crippen MR) is 71.7 cm³/mol. The summed E-state index contributed by atoms with van der Waals surface area (Å²) in [6.45, 7) is 3.62. The predicted octanol–water partition coefficient (Wildman–Crippen LogP) is 4.05. The van der Waals surface area contributed by atoms with Crippen molar-refractivity contribution in [2.45, 2.75) is 32.5 Å². The highest BCUT2D eigenvalue weighted by atomic mass is 32.1. The molecule has 108 valence electrons. The average Bonchev–Trinajstić information content (AvgIpc) is 2.68. The summed E-state index contributed by atoms with van der Waals surface area (Å²) in [6, 6.07) is 5.04. The van der Waals surface area contributed by atoms with E-state index in [2.05, 4.69) is 4.98 Å². The Morgan fingerprint density at radius 1 is 1.30 bits per heavy atom. The summed E-state index contributed by atoms with van der Waals surface area (Å²) >= 11 is 1.37. The molecule has 1 unspecified atom stereocenters. The second-order valence-electron chi connectivity index (χ2n) is 4.60. The number of benzene rings is 1. The lowest BCUT2D eigenvalue weighted by molar-refractivity contribution is -0.137. The minimum absolute atomic E-state index is 0.145. The normalized spacial score (nSPS) is 13.5. The lowest BCUT2D eigenvalue weighted by Crippen LogP contribution is -2.07. The fourth-order valence-corrected chi connectivity index (χ4v) is 2.96. The van der Waals surface area contributed by atoms with Gasteiger partial charge in [-0.3, -0.25) is 0 Å². The summed E-state index contributed by atoms with van der Waals surface area (Å²) in [5, 5.41) is 11.0. The van der Waals surface area contributed by atoms with Gasteiger partial charge in [-0.15, -0.1) is 11.3 Å². The summed E-state index contributed by atoms with van der Waals surface area (Å²) < 4.78 is 37.9. The van der Waals surface area contributed by atoms with Gasteiger partial charge in [0.1, 0.15) is 0 Å². The zero-order valence-electron chi connectivity index (χ0n) is 11.0. The second kappa shape index (κ2) is 5.54. The molecule has 6 heteroatoms. The molecule has 2 rings (SSSR count). The van der Waals surface area contributed by atoms with Crippen LogP contribution in [0.25, 0.3) is 0 Å². The Hall–Kier alpha value is -1.40. The summed E-state index contributed by atoms with van der Waals surface area (Å²) in [5.74, 6) is 0. The van der Waals surface area contributed by atoms with Crippen molar-refractivity contribution in [2.75, 3.05) is 0 Å². The Labute approximate surface area is 118 Å². The smallest absolute Gasteiger partial charge is 0.387 e. The molecule has 1 heterocycles. The van der Waals surface area contributed by atoms with E-state index in [4.69, 9.17) is 0 Å². The molecule has 0 saturated carbocycles. The van der Waals surface area contributed by atoms with E-state index in [1.165, 1.54) is 17.4 Å². The van der Waals surface area contributed by atoms with Crippen molar-refractivity contribution in [3.63, 3.8) is 0 Å². The highest BCUT2D eigenvalue weighted by Crippen LogP contribution is 2.31. The van der Waals surface area contributed by atoms with E-state index in [0.29, 0.717) is 10.4 Å². The van der Waals surface area contributed by atoms with Gasteiger partial charge in [0.15, 0.2) is 0 Å². The SMILES string of the molecule is Cc1nc(C)c(C(O)Cc2cccc(C(F)(F)F)c2)s1. The molecule has 1 N–H and O–H groups in total. The Bertz CT molecular complexity index is 607. The van der Waals surface area contributed by atoms with Crippen molar-refractivity contribution >= 4 is 11.3 Å². The van der Waals surface area contributed by atoms with Crippen LogP contribution >= 0.6 is 11.3 Å². The molecule has 0 saturated heterocycles. The van der Waals surface area contributed by atoms with Crippen LogP contribution in [0, 0.1) is 13.8 Å². The van der Waals surface area contributed by atoms with Crippen molar-refractivity contribution in [1.29, 1.82) is 0 Å². The van der Waals surface area contributed by atoms with Crippen molar-refractivity contribution in [2.24, 2.45) is 0 Å². The Kier molecular flexibility index (Phi) is 4.15. The van der Waals surface area contributed by atoms with Crippen LogP contribution in [0.2, 0.25) is 0 Å². The van der Waals surface area contributed by atoms with Gasteiger partial charge >= 0.3 is 6.18 Å². The monoisotopic (exact) mass is 301 g/mol. The number of nitrogens with zero attached hydrogens (tertiary/aromatic N) is 1. The molecule has 2 aromatic rings. The fourth-order valence-electron chi connectivity index (χ4n) is 2.05. The Morgan fingerprint density at radius 2 is 2.00 bits per heavy atom. The van der Waals surface area contributed by atoms with E-state index < -0.39 is 17.8 Å². The van der Waals surface area contributed by atoms with Gasteiger partial charge in [0.2, 0.25) is 0 Å². The van der Waals surface area contributed by atoms with Crippen molar-refractivity contribution in [3.8, 4) is 0 Å². The molecule has 0 aliphatic rings. The number of hydrogen-bond donors (Lipinski definition) is 1. The molecule has 1 aromatic carbocycles. The fraction of sp³-hybridized carbons (Fsp3) is 0.357. The van der Waals surface area contributed by atoms with Crippen LogP contribution in [-0.4, -0.2) is 10.1 Å². The summed E-state index contributed by atoms with van der Waals surface area (Å²) in [7, 11) is 0. The molecule has 0 radical (unpaired) electrons. The minimum Gasteiger partial charge on any atom is -0.387 e. The first-order valence-electron chi connectivity index (χ1n) is 6.05. The lowest BCUT2D eigenvalue weighted by atomic mass is 10.0. The number of aliphatic hydroxyl groups is 1. The van der Waals surface area contributed by atoms with Gasteiger partial charge in [-0.05, 0) is 25.5 Å². The van der Waals surface area contributed by atoms with Crippen LogP contribution in [0.5, 0.6) is 0 Å². The summed E-state index contributed by atoms with van der Waals surface area (Å²) in [5.41, 5.74) is 0.490. The van der Waals surface area contributed by atoms with E-state index in [9.17, 15) is 18.3 Å². The Morgan fingerprint density at radius 3 is 2.55 bits per heavy atom. The molecule has 0 bridgehead atoms. The molecule has 0 amide bonds. The second-order valence-corrected chi connectivity index (χ2v) is 5.84. The van der Waals surface area contributed by atoms with E-state index in [-0.39, 0.29) is 6.42 Å². The summed E-state index contributed by atoms with van der Waals surface area (Å²) in [4.78, 5) is 4.92. The molecular weight excluding hydrogens is 287 g/mol. The highest BCUT2D eigenvalue weighted by Gasteiger charge is 2.30. The maximum atomic E-state index is 12.6. The standard InChI is InChI=1S/C14H14F3NOS/c1-8-13(20-9(2)18-8)12(19)7-10-4-3-5-11(6-10)14(15,16)17/h3-6,12,19H,7H2,1-2H3. The molecular formula is C14H14F3NOS. The first-order valence-corrected chi connectivity index (χ1v) is 6.87. The number of thiazole rings is 1. The van der Waals surface area contributed by atoms with Crippen molar-refractivity contribution in [3.05, 3.63) is 51.0 Å². The maximum Gasteiger partial charge on any atom is 0.416 e. The van der Waals surface area contributed by atoms with Gasteiger partial charge in [-0.2, -0.15) is 13.2 Å². The van der Waals surface area contributed by atoms with Crippen LogP contribution in [-0.2, 0) is 12.6 Å². The van der Waals surface area contributed by atoms with Crippen molar-refractivity contribution < 1.29 is 18.3 Å². The third-order valence-electron chi connectivity index (χ3n) is 2.93. The minimum atomic E-state index is -4.36. The van der Waals surface area contributed by atoms with Crippen LogP contribution < -0.4 is 0 Å². The molecule has 0 aliphatic carbocycles. The van der Waals surface area contributed by atoms with E-state index in [0.717, 1.165) is 22.8 Å². The first kappa shape index (κ1) is 15.0. The molecule has 20 heavy (non-hydrogen) atoms. The molecule has 2 nitrogen and oxygen atoms in total. The molecule has 0 spiro atoms. The van der Waals surface area contributed by atoms with E-state index in [1.54, 1.807) is 13.0 Å². The zero-order chi connectivity index (χ0) is 14.9. The largest absolute Gasteiger partial charge is 0.416 e. The molecule has 1 aromatic heterocycles. The third-order valence-corrected chi connectivity index (χ3v) is 4.10. The van der Waals surface area contributed by atoms with Gasteiger partial charge < -0.3 is 5.11 Å². The Balaban J connectivity index is 2.20. The number of aromatic nitrogens is 1. The molecule has 0 fully saturated rings. The average molecular weight is 301 g/mol. The number of halogens is 3. The highest BCUT2D eigenvalue weighted by molar-refractivity contribution is 7.11. The zero-order valence-corrected chi connectivity index (χ0v) is 11.8. The van der Waals surface area contributed by atoms with Gasteiger partial charge in [-0.25, -0.2) is 4.98 Å². The van der Waals surface area contributed by atoms with Crippen molar-refractivity contribution in [1.82, 2.24) is 4.98 Å². The van der Waals surface area contributed by atoms with Crippen LogP contribution in [0.4, 0.5) is 13.2 Å². The topological polar surface area (TPSA) is 33.1 Å². The number of alkyl halides is 3. The summed E-state index contributed by atoms with van der Waals surface area (Å²) in [6.07, 6.45) is -5.05. The van der Waals surface area contributed by atoms with Gasteiger partial charge in [-0.1, -0.05) is 18.2 Å². The third kappa shape index (κ3) is 3.37. The van der Waals surface area contributed by atoms with Gasteiger partial charge in [0.05, 0.1) is 27.2 Å². The number of aryl methyl sites for hydroxylation is 2. The number of rotatable bonds is 3. The van der Waals surface area contributed by atoms with Crippen LogP contribution in [0.1, 0.15) is 32.8 Å². The first-order chi connectivity index (χ1) is 9.27. The van der Waals surface area contributed by atoms with Crippen LogP contribution in [0.15, 0.2) is 24.3 Å². The van der Waals surface area contributed by atoms with Gasteiger partial charge in [0.25, 0.3) is 0 Å². The molecule has 0 aliphatic heterocycles. The van der Waals surface area contributed by atoms with Gasteiger partial charge in [0, 0.05) is 6.42 Å². The quantitative estimate of drug-likeness (QED) is 0.927. The molecule has 1 atom stereocenters. The van der Waals surface area contributed by atoms with E-state index in [1.807, 2.05) is 6.92 Å². The van der Waals surface area contributed by atoms with Crippen LogP contribution in [0.3, 0.4) is 0 Å².